The average Bonchev–Trinajstić information content (AvgIpc) is 2.35. The third-order valence-corrected chi connectivity index (χ3v) is 1.86. The molecule has 0 aromatic carbocycles. The Balaban J connectivity index is 2.49. The van der Waals surface area contributed by atoms with E-state index in [2.05, 4.69) is 17.0 Å². The highest BCUT2D eigenvalue weighted by molar-refractivity contribution is 4.98. The van der Waals surface area contributed by atoms with Crippen molar-refractivity contribution < 1.29 is 0 Å². The van der Waals surface area contributed by atoms with Crippen LogP contribution in [0.5, 0.6) is 0 Å². The molecule has 1 atom stereocenters. The molecule has 0 saturated heterocycles. The Bertz CT molecular complexity index is 216. The molecule has 2 heterocycles. The van der Waals surface area contributed by atoms with Crippen LogP contribution in [0.3, 0.4) is 0 Å². The maximum atomic E-state index is 4.13. The molecule has 0 unspecified atom stereocenters. The summed E-state index contributed by atoms with van der Waals surface area (Å²) in [5.41, 5.74) is 0. The van der Waals surface area contributed by atoms with Gasteiger partial charge in [-0.3, -0.25) is 0 Å². The first-order valence-electron chi connectivity index (χ1n) is 3.25. The zero-order chi connectivity index (χ0) is 6.27. The van der Waals surface area contributed by atoms with E-state index >= 15 is 0 Å². The largest absolute Gasteiger partial charge is 0.250 e. The Morgan fingerprint density at radius 2 is 2.67 bits per heavy atom. The van der Waals surface area contributed by atoms with Gasteiger partial charge >= 0.3 is 0 Å². The van der Waals surface area contributed by atoms with Crippen molar-refractivity contribution >= 4 is 0 Å². The maximum absolute atomic E-state index is 4.13. The minimum Gasteiger partial charge on any atom is -0.250 e. The number of nitrogens with zero attached hydrogens (tertiary/aromatic N) is 3. The average molecular weight is 123 g/mol. The Morgan fingerprint density at radius 1 is 1.78 bits per heavy atom. The second kappa shape index (κ2) is 1.56. The summed E-state index contributed by atoms with van der Waals surface area (Å²) in [4.78, 5) is 4.13. The zero-order valence-corrected chi connectivity index (χ0v) is 5.41. The van der Waals surface area contributed by atoms with Crippen molar-refractivity contribution in [1.82, 2.24) is 14.8 Å². The normalized spacial score (nSPS) is 24.3. The highest BCUT2D eigenvalue weighted by Gasteiger charge is 2.19. The molecule has 0 amide bonds. The molecule has 1 aromatic heterocycles. The predicted octanol–water partition coefficient (Wildman–Crippen LogP) is 0.785. The molecule has 48 valence electrons. The van der Waals surface area contributed by atoms with Crippen molar-refractivity contribution in [2.45, 2.75) is 25.8 Å². The molecule has 1 aliphatic heterocycles. The van der Waals surface area contributed by atoms with Crippen LogP contribution in [0.4, 0.5) is 0 Å². The van der Waals surface area contributed by atoms with Gasteiger partial charge in [-0.25, -0.2) is 9.67 Å². The second-order valence-corrected chi connectivity index (χ2v) is 2.53. The first-order valence-corrected chi connectivity index (χ1v) is 3.25. The van der Waals surface area contributed by atoms with Crippen LogP contribution < -0.4 is 0 Å². The van der Waals surface area contributed by atoms with E-state index in [1.807, 2.05) is 4.68 Å². The minimum absolute atomic E-state index is 0.618. The highest BCUT2D eigenvalue weighted by atomic mass is 15.3. The molecule has 0 spiro atoms. The van der Waals surface area contributed by atoms with Crippen LogP contribution in [0.2, 0.25) is 0 Å². The molecule has 9 heavy (non-hydrogen) atoms. The van der Waals surface area contributed by atoms with Gasteiger partial charge in [-0.15, -0.1) is 0 Å². The molecule has 1 aromatic rings. The van der Waals surface area contributed by atoms with Crippen molar-refractivity contribution in [3.8, 4) is 0 Å². The maximum Gasteiger partial charge on any atom is 0.138 e. The molecule has 2 rings (SSSR count). The standard InChI is InChI=1S/C6H9N3/c1-5-2-3-9-6(5)7-4-8-9/h4-5H,2-3H2,1H3/t5-/m1/s1. The molecule has 1 aliphatic rings. The lowest BCUT2D eigenvalue weighted by Crippen LogP contribution is -1.93. The Kier molecular flexibility index (Phi) is 0.860. The predicted molar refractivity (Wildman–Crippen MR) is 33.1 cm³/mol. The summed E-state index contributed by atoms with van der Waals surface area (Å²) < 4.78 is 1.98. The number of rotatable bonds is 0. The van der Waals surface area contributed by atoms with Crippen LogP contribution in [0.25, 0.3) is 0 Å². The fourth-order valence-electron chi connectivity index (χ4n) is 1.27. The first-order chi connectivity index (χ1) is 4.38. The molecule has 0 N–H and O–H groups in total. The SMILES string of the molecule is C[C@@H]1CCn2ncnc21. The number of hydrogen-bond acceptors (Lipinski definition) is 2. The van der Waals surface area contributed by atoms with E-state index in [4.69, 9.17) is 0 Å². The van der Waals surface area contributed by atoms with Gasteiger partial charge in [0.05, 0.1) is 0 Å². The lowest BCUT2D eigenvalue weighted by atomic mass is 10.1. The fraction of sp³-hybridized carbons (Fsp3) is 0.667. The quantitative estimate of drug-likeness (QED) is 0.510. The van der Waals surface area contributed by atoms with Crippen molar-refractivity contribution in [3.05, 3.63) is 12.2 Å². The van der Waals surface area contributed by atoms with Gasteiger partial charge in [-0.05, 0) is 6.42 Å². The minimum atomic E-state index is 0.618. The third-order valence-electron chi connectivity index (χ3n) is 1.86. The molecule has 0 aliphatic carbocycles. The molecule has 0 bridgehead atoms. The van der Waals surface area contributed by atoms with Gasteiger partial charge in [0.25, 0.3) is 0 Å². The number of fused-ring (bicyclic) bond motifs is 1. The Labute approximate surface area is 53.7 Å². The van der Waals surface area contributed by atoms with E-state index in [1.165, 1.54) is 6.42 Å². The van der Waals surface area contributed by atoms with Crippen LogP contribution in [-0.4, -0.2) is 14.8 Å². The van der Waals surface area contributed by atoms with Crippen molar-refractivity contribution in [1.29, 1.82) is 0 Å². The monoisotopic (exact) mass is 123 g/mol. The molecule has 0 saturated carbocycles. The van der Waals surface area contributed by atoms with Crippen LogP contribution in [0, 0.1) is 0 Å². The number of aryl methyl sites for hydroxylation is 1. The van der Waals surface area contributed by atoms with Crippen LogP contribution >= 0.6 is 0 Å². The lowest BCUT2D eigenvalue weighted by molar-refractivity contribution is 0.643. The van der Waals surface area contributed by atoms with Crippen LogP contribution in [0.1, 0.15) is 25.1 Å². The van der Waals surface area contributed by atoms with Crippen LogP contribution in [0.15, 0.2) is 6.33 Å². The summed E-state index contributed by atoms with van der Waals surface area (Å²) in [5.74, 6) is 1.77. The van der Waals surface area contributed by atoms with E-state index in [0.717, 1.165) is 12.4 Å². The van der Waals surface area contributed by atoms with Crippen LogP contribution in [-0.2, 0) is 6.54 Å². The lowest BCUT2D eigenvalue weighted by Gasteiger charge is -1.93. The van der Waals surface area contributed by atoms with Gasteiger partial charge < -0.3 is 0 Å². The third kappa shape index (κ3) is 0.573. The zero-order valence-electron chi connectivity index (χ0n) is 5.41. The van der Waals surface area contributed by atoms with Gasteiger partial charge in [0, 0.05) is 12.5 Å². The summed E-state index contributed by atoms with van der Waals surface area (Å²) in [6, 6.07) is 0. The van der Waals surface area contributed by atoms with E-state index in [0.29, 0.717) is 5.92 Å². The molecular weight excluding hydrogens is 114 g/mol. The van der Waals surface area contributed by atoms with E-state index in [9.17, 15) is 0 Å². The topological polar surface area (TPSA) is 30.7 Å². The van der Waals surface area contributed by atoms with E-state index < -0.39 is 0 Å². The van der Waals surface area contributed by atoms with Crippen molar-refractivity contribution in [2.24, 2.45) is 0 Å². The molecule has 3 heteroatoms. The summed E-state index contributed by atoms with van der Waals surface area (Å²) in [7, 11) is 0. The second-order valence-electron chi connectivity index (χ2n) is 2.53. The summed E-state index contributed by atoms with van der Waals surface area (Å²) in [6.45, 7) is 3.24. The van der Waals surface area contributed by atoms with E-state index in [1.54, 1.807) is 6.33 Å². The molecular formula is C6H9N3. The Morgan fingerprint density at radius 3 is 3.44 bits per heavy atom. The van der Waals surface area contributed by atoms with Gasteiger partial charge in [0.15, 0.2) is 0 Å². The molecule has 0 radical (unpaired) electrons. The molecule has 0 fully saturated rings. The summed E-state index contributed by atoms with van der Waals surface area (Å²) in [5, 5.41) is 4.05. The number of hydrogen-bond donors (Lipinski definition) is 0. The number of aromatic nitrogens is 3. The van der Waals surface area contributed by atoms with Gasteiger partial charge in [0.2, 0.25) is 0 Å². The summed E-state index contributed by atoms with van der Waals surface area (Å²) >= 11 is 0. The Hall–Kier alpha value is -0.860. The fourth-order valence-corrected chi connectivity index (χ4v) is 1.27. The highest BCUT2D eigenvalue weighted by Crippen LogP contribution is 2.23. The smallest absolute Gasteiger partial charge is 0.138 e. The first kappa shape index (κ1) is 4.97. The van der Waals surface area contributed by atoms with Crippen molar-refractivity contribution in [3.63, 3.8) is 0 Å². The van der Waals surface area contributed by atoms with Gasteiger partial charge in [-0.1, -0.05) is 6.92 Å². The van der Waals surface area contributed by atoms with Gasteiger partial charge in [-0.2, -0.15) is 5.10 Å². The van der Waals surface area contributed by atoms with E-state index in [-0.39, 0.29) is 0 Å². The van der Waals surface area contributed by atoms with Gasteiger partial charge in [0.1, 0.15) is 12.2 Å². The van der Waals surface area contributed by atoms with Crippen molar-refractivity contribution in [2.75, 3.05) is 0 Å². The summed E-state index contributed by atoms with van der Waals surface area (Å²) in [6.07, 6.45) is 2.83. The molecule has 3 nitrogen and oxygen atoms in total.